The number of phenols is 1. The van der Waals surface area contributed by atoms with Gasteiger partial charge in [-0.3, -0.25) is 0 Å². The van der Waals surface area contributed by atoms with Crippen molar-refractivity contribution in [3.63, 3.8) is 0 Å². The van der Waals surface area contributed by atoms with E-state index in [0.717, 1.165) is 39.8 Å². The van der Waals surface area contributed by atoms with E-state index in [1.807, 2.05) is 42.5 Å². The van der Waals surface area contributed by atoms with Crippen molar-refractivity contribution >= 4 is 11.5 Å². The van der Waals surface area contributed by atoms with Crippen molar-refractivity contribution in [2.45, 2.75) is 6.54 Å². The van der Waals surface area contributed by atoms with Gasteiger partial charge in [-0.25, -0.2) is 9.50 Å². The zero-order chi connectivity index (χ0) is 18.2. The number of phenolic OH excluding ortho intramolecular Hbond substituents is 1. The van der Waals surface area contributed by atoms with Gasteiger partial charge in [-0.05, 0) is 54.1 Å². The van der Waals surface area contributed by atoms with E-state index >= 15 is 0 Å². The minimum atomic E-state index is 0.228. The molecule has 2 N–H and O–H groups in total. The number of aromatic nitrogens is 3. The maximum Gasteiger partial charge on any atom is 0.231 e. The highest BCUT2D eigenvalue weighted by Crippen LogP contribution is 2.32. The van der Waals surface area contributed by atoms with Crippen LogP contribution in [0.1, 0.15) is 5.56 Å². The van der Waals surface area contributed by atoms with E-state index < -0.39 is 0 Å². The molecule has 0 unspecified atom stereocenters. The van der Waals surface area contributed by atoms with Gasteiger partial charge in [-0.15, -0.1) is 5.10 Å². The molecule has 1 aliphatic heterocycles. The van der Waals surface area contributed by atoms with Crippen LogP contribution >= 0.6 is 0 Å². The van der Waals surface area contributed by atoms with Crippen LogP contribution in [-0.2, 0) is 6.54 Å². The molecule has 0 bridgehead atoms. The number of anilines is 1. The maximum absolute atomic E-state index is 9.48. The minimum absolute atomic E-state index is 0.228. The standard InChI is InChI=1S/C20H16N4O3/c25-15-4-2-14(3-5-15)16-11-22-20-8-7-19(23-24(16)20)21-10-13-1-6-17-18(9-13)27-12-26-17/h1-9,11,25H,10,12H2,(H,21,23). The van der Waals surface area contributed by atoms with Gasteiger partial charge in [0.2, 0.25) is 6.79 Å². The van der Waals surface area contributed by atoms with Crippen LogP contribution in [0.4, 0.5) is 5.82 Å². The molecule has 5 rings (SSSR count). The van der Waals surface area contributed by atoms with E-state index in [1.165, 1.54) is 0 Å². The Morgan fingerprint density at radius 1 is 1.00 bits per heavy atom. The lowest BCUT2D eigenvalue weighted by atomic mass is 10.2. The highest BCUT2D eigenvalue weighted by Gasteiger charge is 2.13. The molecule has 0 atom stereocenters. The molecule has 0 aliphatic carbocycles. The number of imidazole rings is 1. The van der Waals surface area contributed by atoms with Gasteiger partial charge in [0.25, 0.3) is 0 Å². The molecule has 4 aromatic rings. The number of benzene rings is 2. The summed E-state index contributed by atoms with van der Waals surface area (Å²) in [7, 11) is 0. The Bertz CT molecular complexity index is 1120. The van der Waals surface area contributed by atoms with Crippen molar-refractivity contribution in [3.05, 3.63) is 66.4 Å². The highest BCUT2D eigenvalue weighted by molar-refractivity contribution is 5.64. The van der Waals surface area contributed by atoms with Crippen molar-refractivity contribution in [3.8, 4) is 28.5 Å². The van der Waals surface area contributed by atoms with Gasteiger partial charge in [-0.2, -0.15) is 0 Å². The van der Waals surface area contributed by atoms with Gasteiger partial charge in [0.05, 0.1) is 11.9 Å². The van der Waals surface area contributed by atoms with E-state index in [9.17, 15) is 5.11 Å². The van der Waals surface area contributed by atoms with Gasteiger partial charge in [0.1, 0.15) is 11.6 Å². The highest BCUT2D eigenvalue weighted by atomic mass is 16.7. The second kappa shape index (κ2) is 6.21. The van der Waals surface area contributed by atoms with Crippen LogP contribution < -0.4 is 14.8 Å². The monoisotopic (exact) mass is 360 g/mol. The summed E-state index contributed by atoms with van der Waals surface area (Å²) in [5.41, 5.74) is 3.62. The van der Waals surface area contributed by atoms with Crippen LogP contribution in [0.3, 0.4) is 0 Å². The molecule has 27 heavy (non-hydrogen) atoms. The van der Waals surface area contributed by atoms with Crippen molar-refractivity contribution in [2.75, 3.05) is 12.1 Å². The Labute approximate surface area is 154 Å². The van der Waals surface area contributed by atoms with Crippen molar-refractivity contribution in [2.24, 2.45) is 0 Å². The fourth-order valence-electron chi connectivity index (χ4n) is 3.04. The molecule has 1 aliphatic rings. The van der Waals surface area contributed by atoms with Crippen LogP contribution in [0.2, 0.25) is 0 Å². The molecule has 7 nitrogen and oxygen atoms in total. The summed E-state index contributed by atoms with van der Waals surface area (Å²) < 4.78 is 12.5. The summed E-state index contributed by atoms with van der Waals surface area (Å²) >= 11 is 0. The molecule has 3 heterocycles. The fraction of sp³-hybridized carbons (Fsp3) is 0.100. The lowest BCUT2D eigenvalue weighted by Crippen LogP contribution is -2.04. The lowest BCUT2D eigenvalue weighted by Gasteiger charge is -2.08. The summed E-state index contributed by atoms with van der Waals surface area (Å²) in [5, 5.41) is 17.5. The number of hydrogen-bond donors (Lipinski definition) is 2. The number of nitrogens with one attached hydrogen (secondary N) is 1. The van der Waals surface area contributed by atoms with E-state index in [-0.39, 0.29) is 12.5 Å². The SMILES string of the molecule is Oc1ccc(-c2cnc3ccc(NCc4ccc5c(c4)OCO5)nn23)cc1. The first-order valence-corrected chi connectivity index (χ1v) is 8.53. The molecule has 7 heteroatoms. The van der Waals surface area contributed by atoms with E-state index in [0.29, 0.717) is 6.54 Å². The summed E-state index contributed by atoms with van der Waals surface area (Å²) in [6, 6.07) is 16.7. The smallest absolute Gasteiger partial charge is 0.231 e. The van der Waals surface area contributed by atoms with E-state index in [1.54, 1.807) is 22.8 Å². The molecule has 0 saturated carbocycles. The number of ether oxygens (including phenoxy) is 2. The molecule has 0 amide bonds. The van der Waals surface area contributed by atoms with Crippen LogP contribution in [0, 0.1) is 0 Å². The first-order valence-electron chi connectivity index (χ1n) is 8.53. The third-order valence-electron chi connectivity index (χ3n) is 4.44. The number of hydrogen-bond acceptors (Lipinski definition) is 6. The average Bonchev–Trinajstić information content (AvgIpc) is 3.33. The molecule has 0 radical (unpaired) electrons. The van der Waals surface area contributed by atoms with Crippen LogP contribution in [0.5, 0.6) is 17.2 Å². The fourth-order valence-corrected chi connectivity index (χ4v) is 3.04. The first kappa shape index (κ1) is 15.5. The topological polar surface area (TPSA) is 80.9 Å². The molecule has 0 fully saturated rings. The molecule has 134 valence electrons. The first-order chi connectivity index (χ1) is 13.3. The van der Waals surface area contributed by atoms with Gasteiger partial charge in [0, 0.05) is 12.1 Å². The third kappa shape index (κ3) is 2.89. The Balaban J connectivity index is 1.41. The van der Waals surface area contributed by atoms with Gasteiger partial charge < -0.3 is 19.9 Å². The third-order valence-corrected chi connectivity index (χ3v) is 4.44. The molecular formula is C20H16N4O3. The van der Waals surface area contributed by atoms with Crippen molar-refractivity contribution in [1.29, 1.82) is 0 Å². The quantitative estimate of drug-likeness (QED) is 0.580. The predicted octanol–water partition coefficient (Wildman–Crippen LogP) is 3.44. The summed E-state index contributed by atoms with van der Waals surface area (Å²) in [4.78, 5) is 4.40. The Kier molecular flexibility index (Phi) is 3.57. The molecular weight excluding hydrogens is 344 g/mol. The Morgan fingerprint density at radius 3 is 2.74 bits per heavy atom. The number of rotatable bonds is 4. The summed E-state index contributed by atoms with van der Waals surface area (Å²) in [6.45, 7) is 0.878. The largest absolute Gasteiger partial charge is 0.508 e. The Hall–Kier alpha value is -3.74. The molecule has 2 aromatic heterocycles. The number of aromatic hydroxyl groups is 1. The normalized spacial score (nSPS) is 12.4. The van der Waals surface area contributed by atoms with Crippen molar-refractivity contribution < 1.29 is 14.6 Å². The molecule has 2 aromatic carbocycles. The van der Waals surface area contributed by atoms with Crippen LogP contribution in [-0.4, -0.2) is 26.5 Å². The summed E-state index contributed by atoms with van der Waals surface area (Å²) in [5.74, 6) is 2.50. The lowest BCUT2D eigenvalue weighted by molar-refractivity contribution is 0.174. The van der Waals surface area contributed by atoms with Gasteiger partial charge >= 0.3 is 0 Å². The van der Waals surface area contributed by atoms with Gasteiger partial charge in [0.15, 0.2) is 17.1 Å². The average molecular weight is 360 g/mol. The van der Waals surface area contributed by atoms with Crippen LogP contribution in [0.25, 0.3) is 16.9 Å². The number of nitrogens with zero attached hydrogens (tertiary/aromatic N) is 3. The van der Waals surface area contributed by atoms with E-state index in [2.05, 4.69) is 15.4 Å². The second-order valence-electron chi connectivity index (χ2n) is 6.22. The Morgan fingerprint density at radius 2 is 1.85 bits per heavy atom. The maximum atomic E-state index is 9.48. The zero-order valence-corrected chi connectivity index (χ0v) is 14.3. The zero-order valence-electron chi connectivity index (χ0n) is 14.3. The number of fused-ring (bicyclic) bond motifs is 2. The molecule has 0 saturated heterocycles. The van der Waals surface area contributed by atoms with Gasteiger partial charge in [-0.1, -0.05) is 6.07 Å². The predicted molar refractivity (Wildman–Crippen MR) is 100.0 cm³/mol. The second-order valence-corrected chi connectivity index (χ2v) is 6.22. The summed E-state index contributed by atoms with van der Waals surface area (Å²) in [6.07, 6.45) is 1.77. The minimum Gasteiger partial charge on any atom is -0.508 e. The van der Waals surface area contributed by atoms with Crippen molar-refractivity contribution in [1.82, 2.24) is 14.6 Å². The van der Waals surface area contributed by atoms with E-state index in [4.69, 9.17) is 9.47 Å². The van der Waals surface area contributed by atoms with Crippen LogP contribution in [0.15, 0.2) is 60.8 Å². The molecule has 0 spiro atoms.